The Balaban J connectivity index is 2.57. The molecule has 1 unspecified atom stereocenters. The number of para-hydroxylation sites is 1. The SMILES string of the molecule is COc1ccccc1CN(C)C(=O)NCC(OC)C(=O)O. The maximum absolute atomic E-state index is 11.9. The highest BCUT2D eigenvalue weighted by molar-refractivity contribution is 5.76. The van der Waals surface area contributed by atoms with Crippen molar-refractivity contribution in [1.82, 2.24) is 10.2 Å². The average molecular weight is 296 g/mol. The second-order valence-corrected chi connectivity index (χ2v) is 4.42. The van der Waals surface area contributed by atoms with Crippen molar-refractivity contribution in [3.8, 4) is 5.75 Å². The number of hydrogen-bond acceptors (Lipinski definition) is 4. The van der Waals surface area contributed by atoms with Gasteiger partial charge < -0.3 is 24.8 Å². The number of urea groups is 1. The smallest absolute Gasteiger partial charge is 0.334 e. The molecule has 7 heteroatoms. The Morgan fingerprint density at radius 2 is 2.00 bits per heavy atom. The molecular weight excluding hydrogens is 276 g/mol. The number of carboxylic acid groups (broad SMARTS) is 1. The van der Waals surface area contributed by atoms with E-state index in [2.05, 4.69) is 5.32 Å². The molecule has 2 amide bonds. The lowest BCUT2D eigenvalue weighted by Crippen LogP contribution is -2.43. The lowest BCUT2D eigenvalue weighted by molar-refractivity contribution is -0.148. The fourth-order valence-corrected chi connectivity index (χ4v) is 1.75. The highest BCUT2D eigenvalue weighted by atomic mass is 16.5. The summed E-state index contributed by atoms with van der Waals surface area (Å²) in [5.41, 5.74) is 0.860. The van der Waals surface area contributed by atoms with E-state index in [1.54, 1.807) is 14.2 Å². The van der Waals surface area contributed by atoms with E-state index in [-0.39, 0.29) is 12.6 Å². The summed E-state index contributed by atoms with van der Waals surface area (Å²) in [5, 5.41) is 11.3. The van der Waals surface area contributed by atoms with Crippen LogP contribution >= 0.6 is 0 Å². The molecule has 1 aromatic carbocycles. The number of carbonyl (C=O) groups excluding carboxylic acids is 1. The number of benzene rings is 1. The third kappa shape index (κ3) is 4.96. The molecule has 21 heavy (non-hydrogen) atoms. The van der Waals surface area contributed by atoms with Crippen molar-refractivity contribution in [3.63, 3.8) is 0 Å². The maximum atomic E-state index is 11.9. The van der Waals surface area contributed by atoms with E-state index in [1.807, 2.05) is 24.3 Å². The molecule has 1 rings (SSSR count). The minimum Gasteiger partial charge on any atom is -0.496 e. The summed E-state index contributed by atoms with van der Waals surface area (Å²) in [7, 11) is 4.46. The number of ether oxygens (including phenoxy) is 2. The van der Waals surface area contributed by atoms with Crippen molar-refractivity contribution in [2.45, 2.75) is 12.6 Å². The number of rotatable bonds is 7. The van der Waals surface area contributed by atoms with Crippen molar-refractivity contribution in [2.24, 2.45) is 0 Å². The van der Waals surface area contributed by atoms with Crippen molar-refractivity contribution in [3.05, 3.63) is 29.8 Å². The van der Waals surface area contributed by atoms with Crippen LogP contribution in [0.25, 0.3) is 0 Å². The van der Waals surface area contributed by atoms with E-state index in [4.69, 9.17) is 14.6 Å². The second kappa shape index (κ2) is 8.11. The van der Waals surface area contributed by atoms with Crippen LogP contribution in [0.5, 0.6) is 5.75 Å². The normalized spacial score (nSPS) is 11.6. The summed E-state index contributed by atoms with van der Waals surface area (Å²) in [4.78, 5) is 24.1. The molecule has 0 heterocycles. The van der Waals surface area contributed by atoms with Gasteiger partial charge in [0.2, 0.25) is 0 Å². The summed E-state index contributed by atoms with van der Waals surface area (Å²) >= 11 is 0. The number of nitrogens with one attached hydrogen (secondary N) is 1. The van der Waals surface area contributed by atoms with Gasteiger partial charge in [0, 0.05) is 19.7 Å². The molecule has 1 atom stereocenters. The summed E-state index contributed by atoms with van der Waals surface area (Å²) in [6.45, 7) is 0.251. The lowest BCUT2D eigenvalue weighted by Gasteiger charge is -2.20. The first-order chi connectivity index (χ1) is 9.99. The largest absolute Gasteiger partial charge is 0.496 e. The first-order valence-corrected chi connectivity index (χ1v) is 6.36. The van der Waals surface area contributed by atoms with Gasteiger partial charge in [0.15, 0.2) is 6.10 Å². The zero-order chi connectivity index (χ0) is 15.8. The standard InChI is InChI=1S/C14H20N2O5/c1-16(9-10-6-4-5-7-11(10)20-2)14(19)15-8-12(21-3)13(17)18/h4-7,12H,8-9H2,1-3H3,(H,15,19)(H,17,18). The molecule has 0 radical (unpaired) electrons. The molecule has 0 fully saturated rings. The molecule has 0 bridgehead atoms. The first kappa shape index (κ1) is 16.8. The van der Waals surface area contributed by atoms with Gasteiger partial charge in [-0.1, -0.05) is 18.2 Å². The number of carbonyl (C=O) groups is 2. The van der Waals surface area contributed by atoms with Crippen LogP contribution in [0.3, 0.4) is 0 Å². The van der Waals surface area contributed by atoms with Gasteiger partial charge >= 0.3 is 12.0 Å². The van der Waals surface area contributed by atoms with Crippen LogP contribution in [-0.2, 0) is 16.1 Å². The predicted molar refractivity (Wildman–Crippen MR) is 76.3 cm³/mol. The zero-order valence-corrected chi connectivity index (χ0v) is 12.3. The second-order valence-electron chi connectivity index (χ2n) is 4.42. The van der Waals surface area contributed by atoms with Crippen LogP contribution in [0.4, 0.5) is 4.79 Å². The van der Waals surface area contributed by atoms with E-state index in [0.717, 1.165) is 5.56 Å². The Morgan fingerprint density at radius 3 is 2.57 bits per heavy atom. The summed E-state index contributed by atoms with van der Waals surface area (Å²) in [6, 6.07) is 6.99. The number of hydrogen-bond donors (Lipinski definition) is 2. The van der Waals surface area contributed by atoms with Crippen molar-refractivity contribution in [1.29, 1.82) is 0 Å². The molecular formula is C14H20N2O5. The van der Waals surface area contributed by atoms with Crippen LogP contribution in [0.15, 0.2) is 24.3 Å². The molecule has 116 valence electrons. The zero-order valence-electron chi connectivity index (χ0n) is 12.3. The fraction of sp³-hybridized carbons (Fsp3) is 0.429. The minimum absolute atomic E-state index is 0.0963. The molecule has 0 spiro atoms. The number of nitrogens with zero attached hydrogens (tertiary/aromatic N) is 1. The van der Waals surface area contributed by atoms with Gasteiger partial charge in [-0.2, -0.15) is 0 Å². The van der Waals surface area contributed by atoms with E-state index in [9.17, 15) is 9.59 Å². The number of carboxylic acids is 1. The highest BCUT2D eigenvalue weighted by Crippen LogP contribution is 2.18. The van der Waals surface area contributed by atoms with E-state index in [1.165, 1.54) is 12.0 Å². The Labute approximate surface area is 123 Å². The van der Waals surface area contributed by atoms with E-state index >= 15 is 0 Å². The minimum atomic E-state index is -1.12. The van der Waals surface area contributed by atoms with Crippen LogP contribution in [-0.4, -0.2) is 55.9 Å². The van der Waals surface area contributed by atoms with Crippen molar-refractivity contribution < 1.29 is 24.2 Å². The Hall–Kier alpha value is -2.28. The predicted octanol–water partition coefficient (Wildman–Crippen LogP) is 0.936. The number of amides is 2. The van der Waals surface area contributed by atoms with Gasteiger partial charge in [-0.15, -0.1) is 0 Å². The fourth-order valence-electron chi connectivity index (χ4n) is 1.75. The van der Waals surface area contributed by atoms with Crippen LogP contribution < -0.4 is 10.1 Å². The monoisotopic (exact) mass is 296 g/mol. The quantitative estimate of drug-likeness (QED) is 0.781. The molecule has 0 aliphatic rings. The molecule has 0 aliphatic carbocycles. The van der Waals surface area contributed by atoms with E-state index in [0.29, 0.717) is 12.3 Å². The Bertz CT molecular complexity index is 492. The Morgan fingerprint density at radius 1 is 1.33 bits per heavy atom. The average Bonchev–Trinajstić information content (AvgIpc) is 2.47. The summed E-state index contributed by atoms with van der Waals surface area (Å²) in [5.74, 6) is -0.428. The van der Waals surface area contributed by atoms with E-state index < -0.39 is 12.1 Å². The van der Waals surface area contributed by atoms with Crippen LogP contribution in [0.2, 0.25) is 0 Å². The van der Waals surface area contributed by atoms with Crippen molar-refractivity contribution in [2.75, 3.05) is 27.8 Å². The summed E-state index contributed by atoms with van der Waals surface area (Å²) < 4.78 is 9.96. The lowest BCUT2D eigenvalue weighted by atomic mass is 10.2. The van der Waals surface area contributed by atoms with Gasteiger partial charge in [0.1, 0.15) is 5.75 Å². The number of aliphatic carboxylic acids is 1. The van der Waals surface area contributed by atoms with Crippen LogP contribution in [0, 0.1) is 0 Å². The van der Waals surface area contributed by atoms with Gasteiger partial charge in [0.05, 0.1) is 20.2 Å². The van der Waals surface area contributed by atoms with Gasteiger partial charge in [-0.25, -0.2) is 9.59 Å². The summed E-state index contributed by atoms with van der Waals surface area (Å²) in [6.07, 6.45) is -1.06. The molecule has 0 aromatic heterocycles. The Kier molecular flexibility index (Phi) is 6.48. The molecule has 0 aliphatic heterocycles. The third-order valence-electron chi connectivity index (χ3n) is 2.95. The van der Waals surface area contributed by atoms with Crippen molar-refractivity contribution >= 4 is 12.0 Å². The molecule has 0 saturated heterocycles. The molecule has 1 aromatic rings. The van der Waals surface area contributed by atoms with Gasteiger partial charge in [0.25, 0.3) is 0 Å². The number of methoxy groups -OCH3 is 2. The first-order valence-electron chi connectivity index (χ1n) is 6.36. The van der Waals surface area contributed by atoms with Crippen LogP contribution in [0.1, 0.15) is 5.56 Å². The highest BCUT2D eigenvalue weighted by Gasteiger charge is 2.18. The molecule has 2 N–H and O–H groups in total. The van der Waals surface area contributed by atoms with Gasteiger partial charge in [-0.3, -0.25) is 0 Å². The maximum Gasteiger partial charge on any atom is 0.334 e. The topological polar surface area (TPSA) is 88.1 Å². The third-order valence-corrected chi connectivity index (χ3v) is 2.95. The molecule has 7 nitrogen and oxygen atoms in total. The van der Waals surface area contributed by atoms with Gasteiger partial charge in [-0.05, 0) is 6.07 Å². The molecule has 0 saturated carbocycles.